The van der Waals surface area contributed by atoms with E-state index in [1.54, 1.807) is 24.3 Å². The monoisotopic (exact) mass is 327 g/mol. The van der Waals surface area contributed by atoms with Gasteiger partial charge in [0, 0.05) is 6.54 Å². The van der Waals surface area contributed by atoms with Crippen LogP contribution in [0.4, 0.5) is 10.5 Å². The highest BCUT2D eigenvalue weighted by atomic mass is 16.5. The second-order valence-electron chi connectivity index (χ2n) is 5.31. The van der Waals surface area contributed by atoms with E-state index in [1.165, 1.54) is 5.56 Å². The van der Waals surface area contributed by atoms with Crippen LogP contribution in [0.25, 0.3) is 0 Å². The maximum Gasteiger partial charge on any atom is 0.319 e. The second-order valence-corrected chi connectivity index (χ2v) is 5.31. The first-order chi connectivity index (χ1) is 11.6. The Morgan fingerprint density at radius 2 is 1.79 bits per heavy atom. The van der Waals surface area contributed by atoms with Crippen molar-refractivity contribution in [1.82, 2.24) is 5.32 Å². The molecule has 0 bridgehead atoms. The van der Waals surface area contributed by atoms with Gasteiger partial charge in [0.15, 0.2) is 0 Å². The number of nitrogens with one attached hydrogen (secondary N) is 2. The van der Waals surface area contributed by atoms with Crippen molar-refractivity contribution < 1.29 is 14.3 Å². The van der Waals surface area contributed by atoms with Gasteiger partial charge in [0.1, 0.15) is 5.75 Å². The van der Waals surface area contributed by atoms with Crippen molar-refractivity contribution in [3.63, 3.8) is 0 Å². The molecular weight excluding hydrogens is 306 g/mol. The topological polar surface area (TPSA) is 93.4 Å². The van der Waals surface area contributed by atoms with Crippen molar-refractivity contribution >= 4 is 17.6 Å². The fourth-order valence-corrected chi connectivity index (χ4v) is 2.07. The van der Waals surface area contributed by atoms with Gasteiger partial charge in [-0.3, -0.25) is 4.79 Å². The molecule has 2 rings (SSSR count). The number of ether oxygens (including phenoxy) is 1. The summed E-state index contributed by atoms with van der Waals surface area (Å²) in [7, 11) is 0. The third-order valence-electron chi connectivity index (χ3n) is 3.34. The van der Waals surface area contributed by atoms with Gasteiger partial charge in [-0.05, 0) is 37.6 Å². The van der Waals surface area contributed by atoms with E-state index in [1.807, 2.05) is 31.2 Å². The largest absolute Gasteiger partial charge is 0.494 e. The Balaban J connectivity index is 1.70. The minimum absolute atomic E-state index is 0.273. The summed E-state index contributed by atoms with van der Waals surface area (Å²) in [5, 5.41) is 5.33. The van der Waals surface area contributed by atoms with Crippen LogP contribution in [0.3, 0.4) is 0 Å². The lowest BCUT2D eigenvalue weighted by atomic mass is 10.1. The molecular formula is C18H21N3O3. The number of carbonyl (C=O) groups is 2. The lowest BCUT2D eigenvalue weighted by Crippen LogP contribution is -2.31. The zero-order chi connectivity index (χ0) is 17.4. The van der Waals surface area contributed by atoms with Gasteiger partial charge in [0.05, 0.1) is 17.9 Å². The molecule has 0 unspecified atom stereocenters. The van der Waals surface area contributed by atoms with Gasteiger partial charge in [-0.1, -0.05) is 29.8 Å². The number of para-hydroxylation sites is 1. The number of hydrogen-bond acceptors (Lipinski definition) is 3. The predicted octanol–water partition coefficient (Wildman–Crippen LogP) is 2.68. The van der Waals surface area contributed by atoms with E-state index in [9.17, 15) is 9.59 Å². The molecule has 0 aromatic heterocycles. The van der Waals surface area contributed by atoms with Gasteiger partial charge in [-0.2, -0.15) is 0 Å². The van der Waals surface area contributed by atoms with Crippen LogP contribution >= 0.6 is 0 Å². The summed E-state index contributed by atoms with van der Waals surface area (Å²) in [6.45, 7) is 2.97. The molecule has 0 aliphatic rings. The Morgan fingerprint density at radius 3 is 2.50 bits per heavy atom. The van der Waals surface area contributed by atoms with Crippen LogP contribution in [0.2, 0.25) is 0 Å². The van der Waals surface area contributed by atoms with Crippen molar-refractivity contribution in [3.8, 4) is 5.75 Å². The van der Waals surface area contributed by atoms with E-state index in [2.05, 4.69) is 10.6 Å². The Kier molecular flexibility index (Phi) is 6.19. The van der Waals surface area contributed by atoms with E-state index < -0.39 is 5.91 Å². The van der Waals surface area contributed by atoms with Crippen molar-refractivity contribution in [3.05, 3.63) is 59.7 Å². The summed E-state index contributed by atoms with van der Waals surface area (Å²) in [6, 6.07) is 14.0. The van der Waals surface area contributed by atoms with Crippen LogP contribution < -0.4 is 21.1 Å². The molecule has 2 aromatic rings. The molecule has 0 fully saturated rings. The quantitative estimate of drug-likeness (QED) is 0.683. The molecule has 2 aromatic carbocycles. The average molecular weight is 327 g/mol. The number of nitrogens with two attached hydrogens (primary N) is 1. The fourth-order valence-electron chi connectivity index (χ4n) is 2.07. The molecule has 0 heterocycles. The number of benzene rings is 2. The molecule has 24 heavy (non-hydrogen) atoms. The molecule has 0 aliphatic carbocycles. The third-order valence-corrected chi connectivity index (χ3v) is 3.34. The van der Waals surface area contributed by atoms with Gasteiger partial charge >= 0.3 is 6.03 Å². The average Bonchev–Trinajstić information content (AvgIpc) is 2.56. The number of rotatable bonds is 7. The van der Waals surface area contributed by atoms with E-state index in [-0.39, 0.29) is 11.6 Å². The highest BCUT2D eigenvalue weighted by Crippen LogP contribution is 2.14. The smallest absolute Gasteiger partial charge is 0.319 e. The van der Waals surface area contributed by atoms with Crippen LogP contribution in [0.5, 0.6) is 5.75 Å². The lowest BCUT2D eigenvalue weighted by molar-refractivity contribution is 0.100. The number of hydrogen-bond donors (Lipinski definition) is 3. The van der Waals surface area contributed by atoms with E-state index >= 15 is 0 Å². The molecule has 0 spiro atoms. The van der Waals surface area contributed by atoms with Crippen LogP contribution in [-0.2, 0) is 0 Å². The summed E-state index contributed by atoms with van der Waals surface area (Å²) in [5.41, 5.74) is 7.11. The number of primary amides is 1. The van der Waals surface area contributed by atoms with Gasteiger partial charge < -0.3 is 21.1 Å². The Morgan fingerprint density at radius 1 is 1.08 bits per heavy atom. The Labute approximate surface area is 141 Å². The molecule has 6 heteroatoms. The number of anilines is 1. The molecule has 0 aliphatic heterocycles. The highest BCUT2D eigenvalue weighted by Gasteiger charge is 2.09. The van der Waals surface area contributed by atoms with E-state index in [0.717, 1.165) is 5.75 Å². The number of urea groups is 1. The maximum atomic E-state index is 11.8. The number of amides is 3. The van der Waals surface area contributed by atoms with Crippen molar-refractivity contribution in [2.45, 2.75) is 13.3 Å². The van der Waals surface area contributed by atoms with E-state index in [0.29, 0.717) is 25.3 Å². The normalized spacial score (nSPS) is 10.0. The van der Waals surface area contributed by atoms with Crippen LogP contribution in [0.1, 0.15) is 22.3 Å². The van der Waals surface area contributed by atoms with Gasteiger partial charge in [-0.15, -0.1) is 0 Å². The minimum Gasteiger partial charge on any atom is -0.494 e. The zero-order valence-electron chi connectivity index (χ0n) is 13.5. The van der Waals surface area contributed by atoms with Crippen LogP contribution in [0.15, 0.2) is 48.5 Å². The number of aryl methyl sites for hydroxylation is 1. The standard InChI is InChI=1S/C18H21N3O3/c1-13-7-9-14(10-8-13)24-12-4-11-20-18(23)21-16-6-3-2-5-15(16)17(19)22/h2-3,5-10H,4,11-12H2,1H3,(H2,19,22)(H2,20,21,23). The third kappa shape index (κ3) is 5.31. The van der Waals surface area contributed by atoms with Gasteiger partial charge in [-0.25, -0.2) is 4.79 Å². The van der Waals surface area contributed by atoms with Crippen LogP contribution in [-0.4, -0.2) is 25.1 Å². The summed E-state index contributed by atoms with van der Waals surface area (Å²) in [4.78, 5) is 23.1. The summed E-state index contributed by atoms with van der Waals surface area (Å²) in [5.74, 6) is 0.220. The van der Waals surface area contributed by atoms with Gasteiger partial charge in [0.25, 0.3) is 5.91 Å². The first-order valence-electron chi connectivity index (χ1n) is 7.69. The number of carbonyl (C=O) groups excluding carboxylic acids is 2. The van der Waals surface area contributed by atoms with Crippen molar-refractivity contribution in [2.24, 2.45) is 5.73 Å². The first kappa shape index (κ1) is 17.3. The molecule has 0 radical (unpaired) electrons. The fraction of sp³-hybridized carbons (Fsp3) is 0.222. The first-order valence-corrected chi connectivity index (χ1v) is 7.69. The molecule has 3 amide bonds. The summed E-state index contributed by atoms with van der Waals surface area (Å²) in [6.07, 6.45) is 0.665. The molecule has 0 atom stereocenters. The zero-order valence-corrected chi connectivity index (χ0v) is 13.5. The molecule has 4 N–H and O–H groups in total. The lowest BCUT2D eigenvalue weighted by Gasteiger charge is -2.10. The molecule has 6 nitrogen and oxygen atoms in total. The maximum absolute atomic E-state index is 11.8. The van der Waals surface area contributed by atoms with E-state index in [4.69, 9.17) is 10.5 Å². The van der Waals surface area contributed by atoms with Crippen LogP contribution in [0, 0.1) is 6.92 Å². The summed E-state index contributed by atoms with van der Waals surface area (Å²) < 4.78 is 5.58. The minimum atomic E-state index is -0.586. The van der Waals surface area contributed by atoms with Crippen molar-refractivity contribution in [2.75, 3.05) is 18.5 Å². The Bertz CT molecular complexity index is 699. The second kappa shape index (κ2) is 8.57. The summed E-state index contributed by atoms with van der Waals surface area (Å²) >= 11 is 0. The predicted molar refractivity (Wildman–Crippen MR) is 93.3 cm³/mol. The van der Waals surface area contributed by atoms with Crippen molar-refractivity contribution in [1.29, 1.82) is 0 Å². The highest BCUT2D eigenvalue weighted by molar-refractivity contribution is 6.02. The van der Waals surface area contributed by atoms with Gasteiger partial charge in [0.2, 0.25) is 0 Å². The molecule has 0 saturated carbocycles. The SMILES string of the molecule is Cc1ccc(OCCCNC(=O)Nc2ccccc2C(N)=O)cc1. The molecule has 0 saturated heterocycles. The Hall–Kier alpha value is -3.02. The molecule has 126 valence electrons.